The SMILES string of the molecule is C/C=C/C/C=C/CC[C@@H](O)[C@H]1O[C@H]1CO. The molecular formula is C12H20O3. The summed E-state index contributed by atoms with van der Waals surface area (Å²) in [5, 5.41) is 18.3. The Morgan fingerprint density at radius 3 is 2.73 bits per heavy atom. The van der Waals surface area contributed by atoms with E-state index in [2.05, 4.69) is 18.2 Å². The lowest BCUT2D eigenvalue weighted by Gasteiger charge is -2.04. The summed E-state index contributed by atoms with van der Waals surface area (Å²) in [4.78, 5) is 0. The van der Waals surface area contributed by atoms with Crippen LogP contribution in [0.15, 0.2) is 24.3 Å². The fourth-order valence-corrected chi connectivity index (χ4v) is 1.50. The average Bonchev–Trinajstić information content (AvgIpc) is 3.02. The molecule has 3 heteroatoms. The zero-order valence-corrected chi connectivity index (χ0v) is 9.17. The lowest BCUT2D eigenvalue weighted by molar-refractivity contribution is 0.127. The van der Waals surface area contributed by atoms with Crippen molar-refractivity contribution in [2.24, 2.45) is 0 Å². The van der Waals surface area contributed by atoms with E-state index in [0.29, 0.717) is 6.42 Å². The molecular weight excluding hydrogens is 192 g/mol. The molecule has 0 radical (unpaired) electrons. The van der Waals surface area contributed by atoms with E-state index in [0.717, 1.165) is 12.8 Å². The van der Waals surface area contributed by atoms with Gasteiger partial charge in [0.05, 0.1) is 12.7 Å². The van der Waals surface area contributed by atoms with E-state index in [1.54, 1.807) is 0 Å². The van der Waals surface area contributed by atoms with Gasteiger partial charge in [-0.05, 0) is 26.2 Å². The van der Waals surface area contributed by atoms with Gasteiger partial charge < -0.3 is 14.9 Å². The smallest absolute Gasteiger partial charge is 0.112 e. The second-order valence-corrected chi connectivity index (χ2v) is 3.74. The van der Waals surface area contributed by atoms with E-state index in [9.17, 15) is 5.11 Å². The summed E-state index contributed by atoms with van der Waals surface area (Å²) in [6.45, 7) is 2.01. The molecule has 0 unspecified atom stereocenters. The Hall–Kier alpha value is -0.640. The van der Waals surface area contributed by atoms with Crippen LogP contribution in [0.1, 0.15) is 26.2 Å². The summed E-state index contributed by atoms with van der Waals surface area (Å²) in [6, 6.07) is 0. The zero-order valence-electron chi connectivity index (χ0n) is 9.17. The first-order chi connectivity index (χ1) is 7.29. The highest BCUT2D eigenvalue weighted by atomic mass is 16.6. The molecule has 0 aliphatic carbocycles. The van der Waals surface area contributed by atoms with Gasteiger partial charge in [0.25, 0.3) is 0 Å². The number of ether oxygens (including phenoxy) is 1. The number of epoxide rings is 1. The Bertz CT molecular complexity index is 223. The third-order valence-corrected chi connectivity index (χ3v) is 2.48. The van der Waals surface area contributed by atoms with Gasteiger partial charge in [0.15, 0.2) is 0 Å². The Morgan fingerprint density at radius 1 is 1.33 bits per heavy atom. The molecule has 1 aliphatic heterocycles. The molecule has 0 aromatic rings. The van der Waals surface area contributed by atoms with Crippen molar-refractivity contribution in [3.05, 3.63) is 24.3 Å². The first-order valence-electron chi connectivity index (χ1n) is 5.50. The molecule has 2 N–H and O–H groups in total. The van der Waals surface area contributed by atoms with Gasteiger partial charge in [-0.15, -0.1) is 0 Å². The molecule has 86 valence electrons. The minimum Gasteiger partial charge on any atom is -0.394 e. The van der Waals surface area contributed by atoms with Crippen molar-refractivity contribution in [1.29, 1.82) is 0 Å². The number of aliphatic hydroxyl groups excluding tert-OH is 2. The van der Waals surface area contributed by atoms with Crippen LogP contribution in [0.3, 0.4) is 0 Å². The van der Waals surface area contributed by atoms with Crippen LogP contribution in [0.25, 0.3) is 0 Å². The molecule has 1 aliphatic rings. The van der Waals surface area contributed by atoms with Gasteiger partial charge >= 0.3 is 0 Å². The predicted octanol–water partition coefficient (Wildman–Crippen LogP) is 1.41. The molecule has 0 spiro atoms. The van der Waals surface area contributed by atoms with Gasteiger partial charge in [0, 0.05) is 0 Å². The maximum atomic E-state index is 9.61. The van der Waals surface area contributed by atoms with Crippen LogP contribution in [0.4, 0.5) is 0 Å². The Labute approximate surface area is 91.1 Å². The number of aliphatic hydroxyl groups is 2. The van der Waals surface area contributed by atoms with Crippen LogP contribution in [0, 0.1) is 0 Å². The van der Waals surface area contributed by atoms with E-state index < -0.39 is 6.10 Å². The summed E-state index contributed by atoms with van der Waals surface area (Å²) in [7, 11) is 0. The van der Waals surface area contributed by atoms with Crippen LogP contribution in [-0.4, -0.2) is 35.1 Å². The zero-order chi connectivity index (χ0) is 11.1. The Balaban J connectivity index is 2.02. The van der Waals surface area contributed by atoms with Gasteiger partial charge in [-0.2, -0.15) is 0 Å². The van der Waals surface area contributed by atoms with E-state index in [-0.39, 0.29) is 18.8 Å². The lowest BCUT2D eigenvalue weighted by atomic mass is 10.1. The molecule has 1 saturated heterocycles. The molecule has 15 heavy (non-hydrogen) atoms. The maximum Gasteiger partial charge on any atom is 0.112 e. The van der Waals surface area contributed by atoms with E-state index in [4.69, 9.17) is 9.84 Å². The van der Waals surface area contributed by atoms with Crippen molar-refractivity contribution in [2.75, 3.05) is 6.61 Å². The Morgan fingerprint density at radius 2 is 2.13 bits per heavy atom. The number of allylic oxidation sites excluding steroid dienone is 4. The normalized spacial score (nSPS) is 27.7. The molecule has 1 heterocycles. The summed E-state index contributed by atoms with van der Waals surface area (Å²) in [5.74, 6) is 0. The summed E-state index contributed by atoms with van der Waals surface area (Å²) < 4.78 is 5.09. The third kappa shape index (κ3) is 4.60. The largest absolute Gasteiger partial charge is 0.394 e. The van der Waals surface area contributed by atoms with Crippen LogP contribution >= 0.6 is 0 Å². The van der Waals surface area contributed by atoms with Crippen LogP contribution in [0.5, 0.6) is 0 Å². The van der Waals surface area contributed by atoms with Crippen molar-refractivity contribution in [3.63, 3.8) is 0 Å². The average molecular weight is 212 g/mol. The van der Waals surface area contributed by atoms with E-state index >= 15 is 0 Å². The van der Waals surface area contributed by atoms with E-state index in [1.807, 2.05) is 13.0 Å². The molecule has 0 aromatic carbocycles. The first-order valence-corrected chi connectivity index (χ1v) is 5.50. The van der Waals surface area contributed by atoms with Crippen molar-refractivity contribution >= 4 is 0 Å². The quantitative estimate of drug-likeness (QED) is 0.495. The highest BCUT2D eigenvalue weighted by Crippen LogP contribution is 2.26. The maximum absolute atomic E-state index is 9.61. The third-order valence-electron chi connectivity index (χ3n) is 2.48. The second-order valence-electron chi connectivity index (χ2n) is 3.74. The lowest BCUT2D eigenvalue weighted by Crippen LogP contribution is -2.17. The highest BCUT2D eigenvalue weighted by molar-refractivity contribution is 4.94. The van der Waals surface area contributed by atoms with Crippen molar-refractivity contribution in [3.8, 4) is 0 Å². The molecule has 0 saturated carbocycles. The fourth-order valence-electron chi connectivity index (χ4n) is 1.50. The molecule has 1 rings (SSSR count). The van der Waals surface area contributed by atoms with Crippen LogP contribution in [0.2, 0.25) is 0 Å². The van der Waals surface area contributed by atoms with Crippen molar-refractivity contribution in [1.82, 2.24) is 0 Å². The van der Waals surface area contributed by atoms with Gasteiger partial charge in [0.1, 0.15) is 12.2 Å². The van der Waals surface area contributed by atoms with Crippen LogP contribution in [-0.2, 0) is 4.74 Å². The summed E-state index contributed by atoms with van der Waals surface area (Å²) in [6.07, 6.45) is 10.1. The molecule has 1 fully saturated rings. The molecule has 3 nitrogen and oxygen atoms in total. The molecule has 3 atom stereocenters. The molecule has 0 aromatic heterocycles. The van der Waals surface area contributed by atoms with Crippen molar-refractivity contribution in [2.45, 2.75) is 44.5 Å². The summed E-state index contributed by atoms with van der Waals surface area (Å²) >= 11 is 0. The monoisotopic (exact) mass is 212 g/mol. The number of rotatable bonds is 7. The Kier molecular flexibility index (Phi) is 5.61. The number of hydrogen-bond donors (Lipinski definition) is 2. The van der Waals surface area contributed by atoms with Gasteiger partial charge in [-0.1, -0.05) is 24.3 Å². The van der Waals surface area contributed by atoms with Gasteiger partial charge in [-0.25, -0.2) is 0 Å². The highest BCUT2D eigenvalue weighted by Gasteiger charge is 2.43. The summed E-state index contributed by atoms with van der Waals surface area (Å²) in [5.41, 5.74) is 0. The second kappa shape index (κ2) is 6.77. The minimum absolute atomic E-state index is 0.0128. The molecule has 0 bridgehead atoms. The standard InChI is InChI=1S/C12H20O3/c1-2-3-4-5-6-7-8-10(14)12-11(9-13)15-12/h2-3,5-6,10-14H,4,7-9H2,1H3/b3-2+,6-5+/t10-,11+,12-/m1/s1. The van der Waals surface area contributed by atoms with Crippen molar-refractivity contribution < 1.29 is 14.9 Å². The van der Waals surface area contributed by atoms with Gasteiger partial charge in [-0.3, -0.25) is 0 Å². The minimum atomic E-state index is -0.437. The predicted molar refractivity (Wildman–Crippen MR) is 59.6 cm³/mol. The van der Waals surface area contributed by atoms with E-state index in [1.165, 1.54) is 0 Å². The topological polar surface area (TPSA) is 53.0 Å². The molecule has 0 amide bonds. The fraction of sp³-hybridized carbons (Fsp3) is 0.667. The van der Waals surface area contributed by atoms with Gasteiger partial charge in [0.2, 0.25) is 0 Å². The number of hydrogen-bond acceptors (Lipinski definition) is 3. The first kappa shape index (κ1) is 12.4. The van der Waals surface area contributed by atoms with Crippen LogP contribution < -0.4 is 0 Å².